The van der Waals surface area contributed by atoms with E-state index in [0.29, 0.717) is 0 Å². The van der Waals surface area contributed by atoms with Gasteiger partial charge in [0, 0.05) is 10.8 Å². The smallest absolute Gasteiger partial charge is 0.194 e. The van der Waals surface area contributed by atoms with Crippen molar-refractivity contribution in [1.82, 2.24) is 0 Å². The second-order valence-corrected chi connectivity index (χ2v) is 4.29. The Labute approximate surface area is 99.3 Å². The van der Waals surface area contributed by atoms with Gasteiger partial charge in [-0.15, -0.1) is 0 Å². The Balaban J connectivity index is 2.71. The van der Waals surface area contributed by atoms with Crippen LogP contribution in [0.1, 0.15) is 5.56 Å². The minimum absolute atomic E-state index is 0.124. The molecule has 3 aromatic rings. The first kappa shape index (κ1) is 10.0. The first-order valence-electron chi connectivity index (χ1n) is 5.69. The zero-order valence-electron chi connectivity index (χ0n) is 9.60. The lowest BCUT2D eigenvalue weighted by Gasteiger charge is -1.96. The Morgan fingerprint density at radius 2 is 1.47 bits per heavy atom. The molecule has 0 aliphatic heterocycles. The van der Waals surface area contributed by atoms with Crippen molar-refractivity contribution in [3.8, 4) is 0 Å². The molecule has 0 heterocycles. The first-order valence-corrected chi connectivity index (χ1v) is 5.69. The van der Waals surface area contributed by atoms with Gasteiger partial charge in [-0.2, -0.15) is 0 Å². The third-order valence-corrected chi connectivity index (χ3v) is 3.18. The number of hydrogen-bond acceptors (Lipinski definition) is 1. The molecule has 3 aromatic carbocycles. The summed E-state index contributed by atoms with van der Waals surface area (Å²) in [7, 11) is 0. The Hall–Kier alpha value is -2.15. The normalized spacial score (nSPS) is 10.9. The van der Waals surface area contributed by atoms with Gasteiger partial charge in [0.2, 0.25) is 0 Å². The van der Waals surface area contributed by atoms with E-state index in [4.69, 9.17) is 0 Å². The van der Waals surface area contributed by atoms with Gasteiger partial charge in [0.15, 0.2) is 5.43 Å². The largest absolute Gasteiger partial charge is 0.289 e. The molecule has 0 aromatic heterocycles. The van der Waals surface area contributed by atoms with Crippen LogP contribution in [-0.2, 0) is 0 Å². The maximum atomic E-state index is 12.5. The Bertz CT molecular complexity index is 772. The van der Waals surface area contributed by atoms with Crippen LogP contribution in [0.15, 0.2) is 59.4 Å². The summed E-state index contributed by atoms with van der Waals surface area (Å²) < 4.78 is 0. The van der Waals surface area contributed by atoms with Gasteiger partial charge in [-0.25, -0.2) is 0 Å². The molecule has 0 unspecified atom stereocenters. The van der Waals surface area contributed by atoms with Gasteiger partial charge < -0.3 is 0 Å². The molecule has 3 rings (SSSR count). The summed E-state index contributed by atoms with van der Waals surface area (Å²) in [6.07, 6.45) is 0. The summed E-state index contributed by atoms with van der Waals surface area (Å²) in [6.45, 7) is 1.98. The Morgan fingerprint density at radius 3 is 2.35 bits per heavy atom. The third kappa shape index (κ3) is 1.51. The zero-order chi connectivity index (χ0) is 11.8. The van der Waals surface area contributed by atoms with Crippen LogP contribution in [0.25, 0.3) is 21.5 Å². The van der Waals surface area contributed by atoms with Gasteiger partial charge in [0.05, 0.1) is 0 Å². The molecule has 0 bridgehead atoms. The Morgan fingerprint density at radius 1 is 0.765 bits per heavy atom. The van der Waals surface area contributed by atoms with Crippen LogP contribution in [-0.4, -0.2) is 0 Å². The zero-order valence-corrected chi connectivity index (χ0v) is 9.60. The minimum Gasteiger partial charge on any atom is -0.289 e. The highest BCUT2D eigenvalue weighted by atomic mass is 16.1. The molecule has 1 nitrogen and oxygen atoms in total. The molecule has 0 fully saturated rings. The molecule has 0 saturated carbocycles. The van der Waals surface area contributed by atoms with E-state index in [9.17, 15) is 4.79 Å². The molecule has 17 heavy (non-hydrogen) atoms. The molecule has 82 valence electrons. The SMILES string of the molecule is Cc1cccc2ccc3ccccc3c(=O)c12. The number of hydrogen-bond donors (Lipinski definition) is 0. The topological polar surface area (TPSA) is 17.1 Å². The van der Waals surface area contributed by atoms with E-state index in [1.54, 1.807) is 0 Å². The first-order chi connectivity index (χ1) is 8.27. The summed E-state index contributed by atoms with van der Waals surface area (Å²) in [5.41, 5.74) is 1.16. The van der Waals surface area contributed by atoms with Crippen molar-refractivity contribution in [3.05, 3.63) is 70.4 Å². The van der Waals surface area contributed by atoms with Gasteiger partial charge in [-0.3, -0.25) is 4.79 Å². The molecular weight excluding hydrogens is 208 g/mol. The molecular formula is C16H12O. The van der Waals surface area contributed by atoms with Crippen LogP contribution in [0.5, 0.6) is 0 Å². The van der Waals surface area contributed by atoms with E-state index in [-0.39, 0.29) is 5.43 Å². The van der Waals surface area contributed by atoms with E-state index in [1.165, 1.54) is 0 Å². The molecule has 0 amide bonds. The highest BCUT2D eigenvalue weighted by molar-refractivity contribution is 5.94. The summed E-state index contributed by atoms with van der Waals surface area (Å²) in [4.78, 5) is 12.5. The van der Waals surface area contributed by atoms with Crippen LogP contribution in [0.4, 0.5) is 0 Å². The monoisotopic (exact) mass is 220 g/mol. The predicted octanol–water partition coefficient (Wildman–Crippen LogP) is 3.66. The Kier molecular flexibility index (Phi) is 2.19. The summed E-state index contributed by atoms with van der Waals surface area (Å²) in [5, 5.41) is 3.62. The maximum Gasteiger partial charge on any atom is 0.194 e. The third-order valence-electron chi connectivity index (χ3n) is 3.18. The molecule has 0 aliphatic carbocycles. The van der Waals surface area contributed by atoms with Gasteiger partial charge in [-0.05, 0) is 23.3 Å². The van der Waals surface area contributed by atoms with Crippen molar-refractivity contribution in [2.24, 2.45) is 0 Å². The fourth-order valence-electron chi connectivity index (χ4n) is 2.30. The van der Waals surface area contributed by atoms with Crippen molar-refractivity contribution in [1.29, 1.82) is 0 Å². The van der Waals surface area contributed by atoms with Gasteiger partial charge >= 0.3 is 0 Å². The fraction of sp³-hybridized carbons (Fsp3) is 0.0625. The lowest BCUT2D eigenvalue weighted by Crippen LogP contribution is -1.99. The fourth-order valence-corrected chi connectivity index (χ4v) is 2.30. The maximum absolute atomic E-state index is 12.5. The van der Waals surface area contributed by atoms with Crippen molar-refractivity contribution < 1.29 is 0 Å². The van der Waals surface area contributed by atoms with Crippen LogP contribution in [0.3, 0.4) is 0 Å². The van der Waals surface area contributed by atoms with Crippen molar-refractivity contribution >= 4 is 21.5 Å². The molecule has 0 radical (unpaired) electrons. The van der Waals surface area contributed by atoms with E-state index in [1.807, 2.05) is 61.5 Å². The summed E-state index contributed by atoms with van der Waals surface area (Å²) >= 11 is 0. The van der Waals surface area contributed by atoms with E-state index in [2.05, 4.69) is 0 Å². The van der Waals surface area contributed by atoms with Crippen LogP contribution >= 0.6 is 0 Å². The minimum atomic E-state index is 0.124. The predicted molar refractivity (Wildman–Crippen MR) is 72.5 cm³/mol. The van der Waals surface area contributed by atoms with Crippen LogP contribution < -0.4 is 5.43 Å². The number of rotatable bonds is 0. The number of fused-ring (bicyclic) bond motifs is 2. The summed E-state index contributed by atoms with van der Waals surface area (Å²) in [6, 6.07) is 17.7. The van der Waals surface area contributed by atoms with Gasteiger partial charge in [0.25, 0.3) is 0 Å². The number of aryl methyl sites for hydroxylation is 1. The molecule has 0 N–H and O–H groups in total. The molecule has 0 saturated heterocycles. The molecule has 0 aliphatic rings. The van der Waals surface area contributed by atoms with Crippen LogP contribution in [0, 0.1) is 6.92 Å². The van der Waals surface area contributed by atoms with E-state index < -0.39 is 0 Å². The highest BCUT2D eigenvalue weighted by Crippen LogP contribution is 2.17. The van der Waals surface area contributed by atoms with E-state index in [0.717, 1.165) is 27.1 Å². The lowest BCUT2D eigenvalue weighted by molar-refractivity contribution is 1.53. The van der Waals surface area contributed by atoms with Crippen LogP contribution in [0.2, 0.25) is 0 Å². The van der Waals surface area contributed by atoms with Crippen molar-refractivity contribution in [3.63, 3.8) is 0 Å². The van der Waals surface area contributed by atoms with Gasteiger partial charge in [-0.1, -0.05) is 54.6 Å². The highest BCUT2D eigenvalue weighted by Gasteiger charge is 2.03. The molecule has 1 heteroatoms. The molecule has 0 atom stereocenters. The van der Waals surface area contributed by atoms with Crippen molar-refractivity contribution in [2.75, 3.05) is 0 Å². The van der Waals surface area contributed by atoms with Crippen molar-refractivity contribution in [2.45, 2.75) is 6.92 Å². The quantitative estimate of drug-likeness (QED) is 0.565. The summed E-state index contributed by atoms with van der Waals surface area (Å²) in [5.74, 6) is 0. The average molecular weight is 220 g/mol. The second kappa shape index (κ2) is 3.70. The number of benzene rings is 2. The van der Waals surface area contributed by atoms with E-state index >= 15 is 0 Å². The molecule has 0 spiro atoms. The second-order valence-electron chi connectivity index (χ2n) is 4.29. The average Bonchev–Trinajstić information content (AvgIpc) is 2.49. The standard InChI is InChI=1S/C16H12O/c1-11-5-4-7-13-10-9-12-6-2-3-8-14(12)16(17)15(11)13/h2-10H,1H3. The van der Waals surface area contributed by atoms with Gasteiger partial charge in [0.1, 0.15) is 0 Å². The lowest BCUT2D eigenvalue weighted by atomic mass is 10.1.